The van der Waals surface area contributed by atoms with Gasteiger partial charge in [-0.05, 0) is 37.6 Å². The van der Waals surface area contributed by atoms with Crippen molar-refractivity contribution in [3.05, 3.63) is 51.9 Å². The third-order valence-corrected chi connectivity index (χ3v) is 3.60. The summed E-state index contributed by atoms with van der Waals surface area (Å²) in [5.41, 5.74) is 1.89. The van der Waals surface area contributed by atoms with Crippen LogP contribution >= 0.6 is 23.2 Å². The van der Waals surface area contributed by atoms with Crippen LogP contribution in [-0.4, -0.2) is 7.11 Å². The Hall–Kier alpha value is -1.12. The van der Waals surface area contributed by atoms with Crippen molar-refractivity contribution in [1.82, 2.24) is 0 Å². The first-order valence-electron chi connectivity index (χ1n) is 5.57. The Morgan fingerprint density at radius 3 is 2.44 bits per heavy atom. The quantitative estimate of drug-likeness (QED) is 0.749. The molecule has 18 heavy (non-hydrogen) atoms. The number of hydrogen-bond donors (Lipinski definition) is 0. The second kappa shape index (κ2) is 5.25. The van der Waals surface area contributed by atoms with Crippen LogP contribution in [0.25, 0.3) is 0 Å². The van der Waals surface area contributed by atoms with E-state index in [0.717, 1.165) is 22.6 Å². The molecule has 1 atom stereocenters. The highest BCUT2D eigenvalue weighted by Gasteiger charge is 2.17. The second-order valence-electron chi connectivity index (χ2n) is 4.13. The van der Waals surface area contributed by atoms with E-state index in [-0.39, 0.29) is 5.38 Å². The molecule has 0 saturated heterocycles. The van der Waals surface area contributed by atoms with Crippen LogP contribution in [-0.2, 0) is 0 Å². The number of rotatable bonds is 3. The van der Waals surface area contributed by atoms with Crippen LogP contribution in [0.5, 0.6) is 5.75 Å². The monoisotopic (exact) mass is 284 g/mol. The number of ether oxygens (including phenoxy) is 1. The Balaban J connectivity index is 2.37. The van der Waals surface area contributed by atoms with Gasteiger partial charge in [-0.1, -0.05) is 17.7 Å². The van der Waals surface area contributed by atoms with E-state index in [4.69, 9.17) is 32.4 Å². The zero-order chi connectivity index (χ0) is 13.3. The molecular weight excluding hydrogens is 271 g/mol. The third kappa shape index (κ3) is 2.50. The Morgan fingerprint density at radius 1 is 1.22 bits per heavy atom. The summed E-state index contributed by atoms with van der Waals surface area (Å²) in [5, 5.41) is 0.282. The van der Waals surface area contributed by atoms with Crippen LogP contribution in [0.15, 0.2) is 28.7 Å². The zero-order valence-corrected chi connectivity index (χ0v) is 12.0. The van der Waals surface area contributed by atoms with Gasteiger partial charge in [0, 0.05) is 5.56 Å². The first kappa shape index (κ1) is 13.3. The molecule has 4 heteroatoms. The highest BCUT2D eigenvalue weighted by molar-refractivity contribution is 6.32. The summed E-state index contributed by atoms with van der Waals surface area (Å²) >= 11 is 12.6. The Kier molecular flexibility index (Phi) is 3.88. The molecule has 0 aliphatic carbocycles. The van der Waals surface area contributed by atoms with E-state index in [9.17, 15) is 0 Å². The average Bonchev–Trinajstić information content (AvgIpc) is 2.67. The maximum absolute atomic E-state index is 6.46. The molecule has 96 valence electrons. The van der Waals surface area contributed by atoms with Crippen molar-refractivity contribution in [3.63, 3.8) is 0 Å². The summed E-state index contributed by atoms with van der Waals surface area (Å²) in [7, 11) is 1.59. The maximum atomic E-state index is 6.46. The molecule has 0 amide bonds. The topological polar surface area (TPSA) is 22.4 Å². The number of benzene rings is 1. The van der Waals surface area contributed by atoms with Crippen molar-refractivity contribution in [3.8, 4) is 5.75 Å². The second-order valence-corrected chi connectivity index (χ2v) is 4.97. The van der Waals surface area contributed by atoms with E-state index in [1.54, 1.807) is 7.11 Å². The van der Waals surface area contributed by atoms with Crippen LogP contribution in [0.3, 0.4) is 0 Å². The molecule has 1 heterocycles. The van der Waals surface area contributed by atoms with Gasteiger partial charge < -0.3 is 9.15 Å². The van der Waals surface area contributed by atoms with Gasteiger partial charge in [-0.15, -0.1) is 11.6 Å². The molecule has 1 aromatic carbocycles. The van der Waals surface area contributed by atoms with Gasteiger partial charge in [0.1, 0.15) is 17.3 Å². The van der Waals surface area contributed by atoms with E-state index in [1.165, 1.54) is 0 Å². The average molecular weight is 285 g/mol. The van der Waals surface area contributed by atoms with Gasteiger partial charge in [-0.3, -0.25) is 0 Å². The molecule has 0 aliphatic heterocycles. The SMILES string of the molecule is COc1ccc(C(Cl)c2cc(C)oc2C)cc1Cl. The molecule has 0 saturated carbocycles. The fraction of sp³-hybridized carbons (Fsp3) is 0.286. The van der Waals surface area contributed by atoms with Gasteiger partial charge >= 0.3 is 0 Å². The van der Waals surface area contributed by atoms with Crippen molar-refractivity contribution in [2.24, 2.45) is 0 Å². The number of methoxy groups -OCH3 is 1. The molecule has 2 rings (SSSR count). The molecule has 0 aliphatic rings. The predicted octanol–water partition coefficient (Wildman–Crippen LogP) is 4.89. The first-order valence-corrected chi connectivity index (χ1v) is 6.38. The molecule has 0 fully saturated rings. The first-order chi connectivity index (χ1) is 8.52. The Labute approximate surface area is 116 Å². The van der Waals surface area contributed by atoms with E-state index in [0.29, 0.717) is 10.8 Å². The summed E-state index contributed by atoms with van der Waals surface area (Å²) in [4.78, 5) is 0. The smallest absolute Gasteiger partial charge is 0.137 e. The Bertz CT molecular complexity index is 561. The number of alkyl halides is 1. The maximum Gasteiger partial charge on any atom is 0.137 e. The van der Waals surface area contributed by atoms with E-state index in [2.05, 4.69) is 0 Å². The van der Waals surface area contributed by atoms with Gasteiger partial charge in [0.25, 0.3) is 0 Å². The lowest BCUT2D eigenvalue weighted by Crippen LogP contribution is -1.94. The molecule has 0 N–H and O–H groups in total. The van der Waals surface area contributed by atoms with Crippen LogP contribution in [0.1, 0.15) is 28.0 Å². The van der Waals surface area contributed by atoms with Gasteiger partial charge in [-0.25, -0.2) is 0 Å². The van der Waals surface area contributed by atoms with Crippen molar-refractivity contribution < 1.29 is 9.15 Å². The molecular formula is C14H14Cl2O2. The highest BCUT2D eigenvalue weighted by atomic mass is 35.5. The number of halogens is 2. The summed E-state index contributed by atoms with van der Waals surface area (Å²) in [6, 6.07) is 7.49. The van der Waals surface area contributed by atoms with Crippen molar-refractivity contribution in [1.29, 1.82) is 0 Å². The fourth-order valence-corrected chi connectivity index (χ4v) is 2.54. The van der Waals surface area contributed by atoms with Gasteiger partial charge in [0.15, 0.2) is 0 Å². The predicted molar refractivity (Wildman–Crippen MR) is 73.9 cm³/mol. The molecule has 0 spiro atoms. The summed E-state index contributed by atoms with van der Waals surface area (Å²) in [6.07, 6.45) is 0. The minimum Gasteiger partial charge on any atom is -0.495 e. The van der Waals surface area contributed by atoms with Crippen LogP contribution in [0.4, 0.5) is 0 Å². The van der Waals surface area contributed by atoms with Crippen LogP contribution in [0, 0.1) is 13.8 Å². The van der Waals surface area contributed by atoms with Crippen LogP contribution in [0.2, 0.25) is 5.02 Å². The van der Waals surface area contributed by atoms with E-state index >= 15 is 0 Å². The molecule has 0 bridgehead atoms. The summed E-state index contributed by atoms with van der Waals surface area (Å²) in [6.45, 7) is 3.81. The van der Waals surface area contributed by atoms with Crippen molar-refractivity contribution in [2.45, 2.75) is 19.2 Å². The third-order valence-electron chi connectivity index (χ3n) is 2.82. The normalized spacial score (nSPS) is 12.5. The van der Waals surface area contributed by atoms with Crippen LogP contribution < -0.4 is 4.74 Å². The molecule has 1 unspecified atom stereocenters. The molecule has 2 nitrogen and oxygen atoms in total. The van der Waals surface area contributed by atoms with Gasteiger partial charge in [-0.2, -0.15) is 0 Å². The summed E-state index contributed by atoms with van der Waals surface area (Å²) < 4.78 is 10.6. The minimum absolute atomic E-state index is 0.272. The molecule has 2 aromatic rings. The molecule has 1 aromatic heterocycles. The highest BCUT2D eigenvalue weighted by Crippen LogP contribution is 2.36. The standard InChI is InChI=1S/C14H14Cl2O2/c1-8-6-11(9(2)18-8)14(16)10-4-5-13(17-3)12(15)7-10/h4-7,14H,1-3H3. The summed E-state index contributed by atoms with van der Waals surface area (Å²) in [5.74, 6) is 2.33. The van der Waals surface area contributed by atoms with E-state index < -0.39 is 0 Å². The zero-order valence-electron chi connectivity index (χ0n) is 10.5. The minimum atomic E-state index is -0.272. The van der Waals surface area contributed by atoms with E-state index in [1.807, 2.05) is 38.1 Å². The lowest BCUT2D eigenvalue weighted by Gasteiger charge is -2.11. The lowest BCUT2D eigenvalue weighted by atomic mass is 10.0. The number of hydrogen-bond acceptors (Lipinski definition) is 2. The number of aryl methyl sites for hydroxylation is 2. The van der Waals surface area contributed by atoms with Gasteiger partial charge in [0.05, 0.1) is 17.5 Å². The largest absolute Gasteiger partial charge is 0.495 e. The number of furan rings is 1. The van der Waals surface area contributed by atoms with Crippen molar-refractivity contribution >= 4 is 23.2 Å². The lowest BCUT2D eigenvalue weighted by molar-refractivity contribution is 0.415. The fourth-order valence-electron chi connectivity index (χ4n) is 1.92. The van der Waals surface area contributed by atoms with Crippen molar-refractivity contribution in [2.75, 3.05) is 7.11 Å². The molecule has 0 radical (unpaired) electrons. The Morgan fingerprint density at radius 2 is 1.94 bits per heavy atom. The van der Waals surface area contributed by atoms with Gasteiger partial charge in [0.2, 0.25) is 0 Å².